The van der Waals surface area contributed by atoms with Gasteiger partial charge in [0.05, 0.1) is 11.2 Å². The Morgan fingerprint density at radius 1 is 0.983 bits per heavy atom. The number of benzene rings is 3. The number of nitrogens with zero attached hydrogens (tertiary/aromatic N) is 6. The van der Waals surface area contributed by atoms with Crippen molar-refractivity contribution < 1.29 is 23.3 Å². The molecule has 3 aromatic heterocycles. The van der Waals surface area contributed by atoms with Crippen LogP contribution in [0.1, 0.15) is 98.4 Å². The van der Waals surface area contributed by atoms with E-state index < -0.39 is 17.1 Å². The number of hydrogen-bond donors (Lipinski definition) is 3. The van der Waals surface area contributed by atoms with Crippen LogP contribution in [0.2, 0.25) is 0 Å². The molecule has 1 aliphatic carbocycles. The molecule has 3 N–H and O–H groups in total. The summed E-state index contributed by atoms with van der Waals surface area (Å²) in [6, 6.07) is 23.7. The van der Waals surface area contributed by atoms with Gasteiger partial charge in [-0.05, 0) is 85.5 Å². The zero-order valence-corrected chi connectivity index (χ0v) is 33.3. The Balaban J connectivity index is 0.822. The van der Waals surface area contributed by atoms with E-state index in [1.807, 2.05) is 33.0 Å². The summed E-state index contributed by atoms with van der Waals surface area (Å²) in [6.45, 7) is 7.60. The fraction of sp³-hybridized carbons (Fsp3) is 0.356. The molecule has 3 aromatic carbocycles. The summed E-state index contributed by atoms with van der Waals surface area (Å²) >= 11 is 0. The normalized spacial score (nSPS) is 19.2. The second-order valence-corrected chi connectivity index (χ2v) is 17.1. The Morgan fingerprint density at radius 2 is 1.76 bits per heavy atom. The van der Waals surface area contributed by atoms with Crippen LogP contribution in [0.4, 0.5) is 10.1 Å². The lowest BCUT2D eigenvalue weighted by Crippen LogP contribution is -2.47. The minimum atomic E-state index is -0.547. The van der Waals surface area contributed by atoms with Crippen LogP contribution in [-0.2, 0) is 28.1 Å². The molecule has 9 rings (SSSR count). The molecular weight excluding hydrogens is 750 g/mol. The lowest BCUT2D eigenvalue weighted by molar-refractivity contribution is -0.133. The predicted molar refractivity (Wildman–Crippen MR) is 219 cm³/mol. The van der Waals surface area contributed by atoms with E-state index in [0.29, 0.717) is 41.5 Å². The first-order valence-corrected chi connectivity index (χ1v) is 20.2. The molecule has 0 bridgehead atoms. The van der Waals surface area contributed by atoms with Crippen LogP contribution in [0.5, 0.6) is 0 Å². The van der Waals surface area contributed by atoms with Crippen LogP contribution in [0.25, 0.3) is 27.9 Å². The molecule has 1 unspecified atom stereocenters. The molecular formula is C45H46FN9O4. The highest BCUT2D eigenvalue weighted by molar-refractivity contribution is 6.01. The molecule has 1 saturated carbocycles. The number of nitrogens with one attached hydrogen (secondary N) is 3. The van der Waals surface area contributed by atoms with Crippen LogP contribution in [0, 0.1) is 5.82 Å². The highest BCUT2D eigenvalue weighted by Gasteiger charge is 2.51. The third-order valence-electron chi connectivity index (χ3n) is 11.9. The summed E-state index contributed by atoms with van der Waals surface area (Å²) in [5.74, 6) is -0.749. The van der Waals surface area contributed by atoms with Gasteiger partial charge in [0.25, 0.3) is 11.7 Å². The molecule has 13 nitrogen and oxygen atoms in total. The number of likely N-dealkylation sites (tertiary alicyclic amines) is 1. The zero-order chi connectivity index (χ0) is 40.9. The summed E-state index contributed by atoms with van der Waals surface area (Å²) in [7, 11) is 0. The second-order valence-electron chi connectivity index (χ2n) is 17.1. The van der Waals surface area contributed by atoms with E-state index in [1.54, 1.807) is 16.6 Å². The van der Waals surface area contributed by atoms with Crippen molar-refractivity contribution in [3.63, 3.8) is 0 Å². The molecule has 2 aliphatic heterocycles. The lowest BCUT2D eigenvalue weighted by Gasteiger charge is -2.40. The number of fused-ring (bicyclic) bond motifs is 1. The summed E-state index contributed by atoms with van der Waals surface area (Å²) in [6.07, 6.45) is 8.92. The molecule has 5 heterocycles. The van der Waals surface area contributed by atoms with Crippen LogP contribution in [0.15, 0.2) is 89.8 Å². The number of carbonyl (C=O) groups excluding carboxylic acids is 3. The van der Waals surface area contributed by atoms with Gasteiger partial charge in [-0.1, -0.05) is 74.5 Å². The minimum absolute atomic E-state index is 0.0441. The molecule has 0 radical (unpaired) electrons. The van der Waals surface area contributed by atoms with Crippen molar-refractivity contribution in [2.24, 2.45) is 0 Å². The van der Waals surface area contributed by atoms with Gasteiger partial charge in [-0.15, -0.1) is 0 Å². The van der Waals surface area contributed by atoms with E-state index in [-0.39, 0.29) is 35.8 Å². The summed E-state index contributed by atoms with van der Waals surface area (Å²) < 4.78 is 22.4. The number of halogens is 1. The topological polar surface area (TPSA) is 160 Å². The number of aromatic nitrogens is 5. The Labute approximate surface area is 340 Å². The quantitative estimate of drug-likeness (QED) is 0.124. The number of imide groups is 1. The second kappa shape index (κ2) is 15.1. The van der Waals surface area contributed by atoms with E-state index in [4.69, 9.17) is 4.52 Å². The van der Waals surface area contributed by atoms with Crippen molar-refractivity contribution in [2.45, 2.75) is 95.3 Å². The SMILES string of the molecule is CC(C)(C)c1nc(C(=O)NCc2ccc(-c3ncnn4cc(-c5ccc(CN6CC[C@H](c7ccc(NC8CCC(=O)NC8=O)cc7)CC67CC7)cc5)cc34)cc2F)no1. The lowest BCUT2D eigenvalue weighted by atomic mass is 9.83. The van der Waals surface area contributed by atoms with Crippen LogP contribution >= 0.6 is 0 Å². The van der Waals surface area contributed by atoms with E-state index in [9.17, 15) is 14.4 Å². The van der Waals surface area contributed by atoms with Gasteiger partial charge in [-0.3, -0.25) is 24.6 Å². The third-order valence-corrected chi connectivity index (χ3v) is 11.9. The van der Waals surface area contributed by atoms with Crippen molar-refractivity contribution in [1.82, 2.24) is 40.3 Å². The Hall–Kier alpha value is -6.28. The third kappa shape index (κ3) is 7.96. The molecule has 3 fully saturated rings. The zero-order valence-electron chi connectivity index (χ0n) is 33.3. The molecule has 1 spiro atoms. The minimum Gasteiger partial charge on any atom is -0.374 e. The molecule has 2 atom stereocenters. The highest BCUT2D eigenvalue weighted by atomic mass is 19.1. The van der Waals surface area contributed by atoms with E-state index >= 15 is 4.39 Å². The number of hydrogen-bond acceptors (Lipinski definition) is 10. The van der Waals surface area contributed by atoms with Gasteiger partial charge < -0.3 is 15.2 Å². The number of anilines is 1. The average molecular weight is 796 g/mol. The Kier molecular flexibility index (Phi) is 9.82. The smallest absolute Gasteiger partial charge is 0.292 e. The van der Waals surface area contributed by atoms with E-state index in [1.165, 1.54) is 36.4 Å². The van der Waals surface area contributed by atoms with Gasteiger partial charge in [0.1, 0.15) is 18.2 Å². The predicted octanol–water partition coefficient (Wildman–Crippen LogP) is 6.94. The maximum Gasteiger partial charge on any atom is 0.292 e. The monoisotopic (exact) mass is 795 g/mol. The van der Waals surface area contributed by atoms with E-state index in [0.717, 1.165) is 48.3 Å². The van der Waals surface area contributed by atoms with Crippen LogP contribution in [0.3, 0.4) is 0 Å². The van der Waals surface area contributed by atoms with Gasteiger partial charge >= 0.3 is 0 Å². The van der Waals surface area contributed by atoms with Gasteiger partial charge in [-0.2, -0.15) is 10.1 Å². The maximum atomic E-state index is 15.4. The van der Waals surface area contributed by atoms with Crippen molar-refractivity contribution in [3.05, 3.63) is 120 Å². The van der Waals surface area contributed by atoms with Crippen molar-refractivity contribution in [2.75, 3.05) is 11.9 Å². The van der Waals surface area contributed by atoms with Crippen LogP contribution in [-0.4, -0.2) is 65.5 Å². The van der Waals surface area contributed by atoms with E-state index in [2.05, 4.69) is 89.6 Å². The maximum absolute atomic E-state index is 15.4. The fourth-order valence-electron chi connectivity index (χ4n) is 8.36. The average Bonchev–Trinajstić information content (AvgIpc) is 3.57. The van der Waals surface area contributed by atoms with Crippen LogP contribution < -0.4 is 16.0 Å². The summed E-state index contributed by atoms with van der Waals surface area (Å²) in [5, 5.41) is 16.6. The number of carbonyl (C=O) groups is 3. The molecule has 6 aromatic rings. The standard InChI is InChI=1S/C45H46FN9O4/c1-44(2,3)43-52-40(53-59-43)42(58)47-23-32-9-8-30(20-35(32)46)39-37-21-33(25-55(37)49-26-48-39)29-6-4-27(5-7-29)24-54-19-16-31(22-45(54)17-18-45)28-10-12-34(13-11-28)50-36-14-15-38(56)51-41(36)57/h4-13,20-21,25-26,31,36,50H,14-19,22-24H2,1-3H3,(H,47,58)(H,51,56,57)/t31-,36?/m0/s1. The Morgan fingerprint density at radius 3 is 2.47 bits per heavy atom. The highest BCUT2D eigenvalue weighted by Crippen LogP contribution is 2.53. The van der Waals surface area contributed by atoms with Crippen molar-refractivity contribution in [1.29, 1.82) is 0 Å². The first-order chi connectivity index (χ1) is 28.4. The molecule has 302 valence electrons. The molecule has 2 saturated heterocycles. The van der Waals surface area contributed by atoms with Crippen molar-refractivity contribution in [3.8, 4) is 22.4 Å². The number of amides is 3. The largest absolute Gasteiger partial charge is 0.374 e. The molecule has 3 amide bonds. The summed E-state index contributed by atoms with van der Waals surface area (Å²) in [5.41, 5.74) is 7.61. The van der Waals surface area contributed by atoms with Gasteiger partial charge in [0.2, 0.25) is 17.7 Å². The van der Waals surface area contributed by atoms with Gasteiger partial charge in [-0.25, -0.2) is 13.9 Å². The molecule has 3 aliphatic rings. The Bertz CT molecular complexity index is 2560. The molecule has 14 heteroatoms. The van der Waals surface area contributed by atoms with Gasteiger partial charge in [0.15, 0.2) is 0 Å². The number of rotatable bonds is 10. The van der Waals surface area contributed by atoms with Crippen molar-refractivity contribution >= 4 is 28.9 Å². The molecule has 59 heavy (non-hydrogen) atoms. The first-order valence-electron chi connectivity index (χ1n) is 20.2. The summed E-state index contributed by atoms with van der Waals surface area (Å²) in [4.78, 5) is 47.7. The number of piperidine rings is 2. The first kappa shape index (κ1) is 38.2. The fourth-order valence-corrected chi connectivity index (χ4v) is 8.36. The van der Waals surface area contributed by atoms with Gasteiger partial charge in [0, 0.05) is 59.0 Å².